The summed E-state index contributed by atoms with van der Waals surface area (Å²) in [6, 6.07) is 12.4. The van der Waals surface area contributed by atoms with Gasteiger partial charge in [0.15, 0.2) is 0 Å². The molecule has 1 amide bonds. The zero-order valence-electron chi connectivity index (χ0n) is 24.4. The van der Waals surface area contributed by atoms with Crippen molar-refractivity contribution < 1.29 is 22.7 Å². The number of nitriles is 1. The molecule has 3 rings (SSSR count). The lowest BCUT2D eigenvalue weighted by Crippen LogP contribution is -2.34. The van der Waals surface area contributed by atoms with Crippen molar-refractivity contribution in [1.29, 1.82) is 5.26 Å². The van der Waals surface area contributed by atoms with E-state index in [-0.39, 0.29) is 18.9 Å². The van der Waals surface area contributed by atoms with Crippen LogP contribution in [0.4, 0.5) is 22.0 Å². The lowest BCUT2D eigenvalue weighted by molar-refractivity contribution is 0.0520. The molecule has 0 aliphatic rings. The van der Waals surface area contributed by atoms with E-state index in [1.165, 1.54) is 0 Å². The molecule has 0 aliphatic carbocycles. The fourth-order valence-corrected chi connectivity index (χ4v) is 4.24. The highest BCUT2D eigenvalue weighted by Crippen LogP contribution is 2.35. The van der Waals surface area contributed by atoms with E-state index in [1.807, 2.05) is 20.8 Å². The summed E-state index contributed by atoms with van der Waals surface area (Å²) in [5.41, 5.74) is 1.40. The number of alkyl carbamates (subject to hydrolysis) is 1. The molecule has 12 nitrogen and oxygen atoms in total. The van der Waals surface area contributed by atoms with Crippen LogP contribution in [0.1, 0.15) is 54.0 Å². The number of anilines is 3. The third kappa shape index (κ3) is 8.84. The molecule has 0 atom stereocenters. The Morgan fingerprint density at radius 1 is 1.07 bits per heavy atom. The fraction of sp³-hybridized carbons (Fsp3) is 0.429. The number of hydrogen-bond donors (Lipinski definition) is 3. The van der Waals surface area contributed by atoms with Crippen LogP contribution < -0.4 is 20.1 Å². The summed E-state index contributed by atoms with van der Waals surface area (Å²) in [4.78, 5) is 16.0. The lowest BCUT2D eigenvalue weighted by Gasteiger charge is -2.23. The highest BCUT2D eigenvalue weighted by Gasteiger charge is 2.26. The summed E-state index contributed by atoms with van der Waals surface area (Å²) in [5.74, 6) is 0.768. The van der Waals surface area contributed by atoms with Crippen LogP contribution in [0.15, 0.2) is 42.6 Å². The summed E-state index contributed by atoms with van der Waals surface area (Å²) < 4.78 is 39.0. The minimum Gasteiger partial charge on any atom is -0.476 e. The van der Waals surface area contributed by atoms with E-state index >= 15 is 0 Å². The molecule has 13 heteroatoms. The Morgan fingerprint density at radius 2 is 1.76 bits per heavy atom. The van der Waals surface area contributed by atoms with Gasteiger partial charge < -0.3 is 20.1 Å². The molecule has 0 unspecified atom stereocenters. The van der Waals surface area contributed by atoms with Crippen molar-refractivity contribution in [3.05, 3.63) is 48.2 Å². The molecule has 0 fully saturated rings. The zero-order valence-corrected chi connectivity index (χ0v) is 25.2. The number of benzene rings is 1. The number of nitrogens with one attached hydrogen (secondary N) is 3. The van der Waals surface area contributed by atoms with Crippen LogP contribution >= 0.6 is 0 Å². The van der Waals surface area contributed by atoms with Crippen molar-refractivity contribution in [2.24, 2.45) is 0 Å². The quantitative estimate of drug-likeness (QED) is 0.280. The first-order valence-corrected chi connectivity index (χ1v) is 14.7. The second-order valence-electron chi connectivity index (χ2n) is 11.1. The smallest absolute Gasteiger partial charge is 0.407 e. The van der Waals surface area contributed by atoms with Gasteiger partial charge in [0, 0.05) is 29.2 Å². The Balaban J connectivity index is 1.82. The average molecular weight is 584 g/mol. The van der Waals surface area contributed by atoms with Crippen LogP contribution in [0, 0.1) is 11.3 Å². The minimum atomic E-state index is -3.41. The molecular weight excluding hydrogens is 546 g/mol. The second kappa shape index (κ2) is 12.5. The number of rotatable bonds is 10. The van der Waals surface area contributed by atoms with E-state index in [9.17, 15) is 18.5 Å². The number of ether oxygens (including phenoxy) is 2. The van der Waals surface area contributed by atoms with E-state index in [4.69, 9.17) is 14.6 Å². The van der Waals surface area contributed by atoms with Crippen molar-refractivity contribution in [1.82, 2.24) is 20.1 Å². The molecule has 220 valence electrons. The molecule has 41 heavy (non-hydrogen) atoms. The Bertz CT molecular complexity index is 1510. The first-order chi connectivity index (χ1) is 19.1. The first-order valence-electron chi connectivity index (χ1n) is 13.1. The van der Waals surface area contributed by atoms with E-state index in [0.29, 0.717) is 39.9 Å². The normalized spacial score (nSPS) is 11.9. The van der Waals surface area contributed by atoms with Crippen LogP contribution in [0.3, 0.4) is 0 Å². The summed E-state index contributed by atoms with van der Waals surface area (Å²) >= 11 is 0. The van der Waals surface area contributed by atoms with Crippen molar-refractivity contribution in [3.63, 3.8) is 0 Å². The molecule has 2 aromatic heterocycles. The molecule has 0 radical (unpaired) electrons. The molecule has 3 N–H and O–H groups in total. The van der Waals surface area contributed by atoms with Gasteiger partial charge in [-0.1, -0.05) is 12.1 Å². The zero-order chi connectivity index (χ0) is 30.4. The highest BCUT2D eigenvalue weighted by molar-refractivity contribution is 7.92. The van der Waals surface area contributed by atoms with Gasteiger partial charge in [0.25, 0.3) is 0 Å². The number of aromatic nitrogens is 3. The van der Waals surface area contributed by atoms with E-state index in [1.54, 1.807) is 75.0 Å². The second-order valence-corrected chi connectivity index (χ2v) is 13.1. The SMILES string of the molecule is CCS(=O)(=O)Nc1ccc(-c2nn(C(C)(C)C)c(Nc3ccnc(OCCNC(=O)OC(C)(C)C)c3)c2C#N)cc1. The largest absolute Gasteiger partial charge is 0.476 e. The number of pyridine rings is 1. The summed E-state index contributed by atoms with van der Waals surface area (Å²) in [6.45, 7) is 13.2. The average Bonchev–Trinajstić information content (AvgIpc) is 3.25. The van der Waals surface area contributed by atoms with E-state index in [2.05, 4.69) is 26.4 Å². The van der Waals surface area contributed by atoms with Gasteiger partial charge in [0.05, 0.1) is 17.8 Å². The molecule has 0 saturated heterocycles. The number of sulfonamides is 1. The predicted octanol–water partition coefficient (Wildman–Crippen LogP) is 4.98. The molecule has 0 aliphatic heterocycles. The predicted molar refractivity (Wildman–Crippen MR) is 158 cm³/mol. The third-order valence-corrected chi connectivity index (χ3v) is 6.77. The standard InChI is InChI=1S/C28H37N7O5S/c1-8-41(37,38)34-20-11-9-19(10-12-20)24-22(18-29)25(35(33-24)27(2,3)4)32-21-13-14-30-23(17-21)39-16-15-31-26(36)40-28(5,6)7/h9-14,17,34H,8,15-16H2,1-7H3,(H,30,32)(H,31,36). The molecule has 0 bridgehead atoms. The maximum atomic E-state index is 11.9. The number of carbonyl (C=O) groups is 1. The van der Waals surface area contributed by atoms with Gasteiger partial charge in [-0.15, -0.1) is 0 Å². The first kappa shape index (κ1) is 31.2. The van der Waals surface area contributed by atoms with Gasteiger partial charge >= 0.3 is 6.09 Å². The molecule has 2 heterocycles. The maximum absolute atomic E-state index is 11.9. The number of carbonyl (C=O) groups excluding carboxylic acids is 1. The van der Waals surface area contributed by atoms with Crippen molar-refractivity contribution in [2.75, 3.05) is 28.9 Å². The van der Waals surface area contributed by atoms with Gasteiger partial charge in [0.2, 0.25) is 15.9 Å². The Labute approximate surface area is 241 Å². The van der Waals surface area contributed by atoms with Crippen LogP contribution in [0.2, 0.25) is 0 Å². The Hall–Kier alpha value is -4.31. The monoisotopic (exact) mass is 583 g/mol. The molecule has 1 aromatic carbocycles. The fourth-order valence-electron chi connectivity index (χ4n) is 3.60. The molecule has 0 spiro atoms. The Morgan fingerprint density at radius 3 is 2.34 bits per heavy atom. The molecular formula is C28H37N7O5S. The van der Waals surface area contributed by atoms with E-state index < -0.39 is 27.3 Å². The third-order valence-electron chi connectivity index (χ3n) is 5.46. The topological polar surface area (TPSA) is 160 Å². The summed E-state index contributed by atoms with van der Waals surface area (Å²) in [6.07, 6.45) is 1.04. The lowest BCUT2D eigenvalue weighted by atomic mass is 10.1. The summed E-state index contributed by atoms with van der Waals surface area (Å²) in [7, 11) is -3.41. The molecule has 3 aromatic rings. The number of nitrogens with zero attached hydrogens (tertiary/aromatic N) is 4. The van der Waals surface area contributed by atoms with Gasteiger partial charge in [0.1, 0.15) is 35.4 Å². The van der Waals surface area contributed by atoms with Gasteiger partial charge in [-0.25, -0.2) is 22.9 Å². The van der Waals surface area contributed by atoms with E-state index in [0.717, 1.165) is 0 Å². The number of amides is 1. The molecule has 0 saturated carbocycles. The van der Waals surface area contributed by atoms with Gasteiger partial charge in [-0.2, -0.15) is 10.4 Å². The van der Waals surface area contributed by atoms with Gasteiger partial charge in [-0.05, 0) is 66.7 Å². The minimum absolute atomic E-state index is 0.0386. The van der Waals surface area contributed by atoms with Crippen LogP contribution in [-0.2, 0) is 20.3 Å². The van der Waals surface area contributed by atoms with Crippen molar-refractivity contribution in [2.45, 2.75) is 59.6 Å². The van der Waals surface area contributed by atoms with Gasteiger partial charge in [-0.3, -0.25) is 4.72 Å². The Kier molecular flexibility index (Phi) is 9.49. The highest BCUT2D eigenvalue weighted by atomic mass is 32.2. The van der Waals surface area contributed by atoms with Crippen LogP contribution in [0.25, 0.3) is 11.3 Å². The van der Waals surface area contributed by atoms with Crippen molar-refractivity contribution >= 4 is 33.3 Å². The van der Waals surface area contributed by atoms with Crippen LogP contribution in [-0.4, -0.2) is 53.8 Å². The number of hydrogen-bond acceptors (Lipinski definition) is 9. The van der Waals surface area contributed by atoms with Crippen molar-refractivity contribution in [3.8, 4) is 23.2 Å². The summed E-state index contributed by atoms with van der Waals surface area (Å²) in [5, 5.41) is 20.8. The maximum Gasteiger partial charge on any atom is 0.407 e. The van der Waals surface area contributed by atoms with Crippen LogP contribution in [0.5, 0.6) is 5.88 Å².